The molecule has 0 aromatic heterocycles. The summed E-state index contributed by atoms with van der Waals surface area (Å²) in [5.41, 5.74) is 4.53. The molecule has 0 spiro atoms. The zero-order valence-corrected chi connectivity index (χ0v) is 19.4. The maximum absolute atomic E-state index is 12.2. The van der Waals surface area contributed by atoms with Crippen molar-refractivity contribution in [1.29, 1.82) is 0 Å². The molecule has 168 valence electrons. The monoisotopic (exact) mass is 509 g/mol. The number of halogens is 1. The van der Waals surface area contributed by atoms with Crippen LogP contribution in [-0.4, -0.2) is 31.1 Å². The van der Waals surface area contributed by atoms with Crippen molar-refractivity contribution >= 4 is 45.6 Å². The first kappa shape index (κ1) is 23.7. The predicted octanol–water partition coefficient (Wildman–Crippen LogP) is 4.07. The molecular formula is C24H20BrN3O5. The lowest BCUT2D eigenvalue weighted by molar-refractivity contribution is -0.136. The molecule has 0 fully saturated rings. The molecular weight excluding hydrogens is 490 g/mol. The van der Waals surface area contributed by atoms with Crippen LogP contribution < -0.4 is 20.2 Å². The van der Waals surface area contributed by atoms with Crippen LogP contribution in [0, 0.1) is 6.92 Å². The minimum absolute atomic E-state index is 0.348. The van der Waals surface area contributed by atoms with E-state index in [1.165, 1.54) is 6.21 Å². The Morgan fingerprint density at radius 3 is 2.21 bits per heavy atom. The fourth-order valence-electron chi connectivity index (χ4n) is 2.68. The van der Waals surface area contributed by atoms with Gasteiger partial charge in [0, 0.05) is 10.2 Å². The number of nitrogens with zero attached hydrogens (tertiary/aromatic N) is 1. The Morgan fingerprint density at radius 1 is 0.909 bits per heavy atom. The Hall–Kier alpha value is -3.98. The molecule has 0 atom stereocenters. The third-order valence-electron chi connectivity index (χ3n) is 4.44. The van der Waals surface area contributed by atoms with Gasteiger partial charge in [0.1, 0.15) is 11.5 Å². The van der Waals surface area contributed by atoms with Crippen molar-refractivity contribution in [3.05, 3.63) is 87.9 Å². The second kappa shape index (κ2) is 11.1. The fraction of sp³-hybridized carbons (Fsp3) is 0.0833. The Labute approximate surface area is 198 Å². The van der Waals surface area contributed by atoms with Crippen molar-refractivity contribution in [2.24, 2.45) is 5.10 Å². The standard InChI is InChI=1S/C24H20BrN3O5/c1-15-13-18(25)7-12-21(15)27-22(29)23(30)28-26-14-16-3-8-20(9-4-16)33-24(31)17-5-10-19(32-2)11-6-17/h3-14H,1-2H3,(H,27,29)(H,28,30)/b26-14+. The summed E-state index contributed by atoms with van der Waals surface area (Å²) in [6.07, 6.45) is 1.37. The van der Waals surface area contributed by atoms with Gasteiger partial charge in [0.2, 0.25) is 0 Å². The fourth-order valence-corrected chi connectivity index (χ4v) is 3.15. The van der Waals surface area contributed by atoms with Crippen molar-refractivity contribution in [3.63, 3.8) is 0 Å². The first-order valence-electron chi connectivity index (χ1n) is 9.72. The summed E-state index contributed by atoms with van der Waals surface area (Å²) in [6.45, 7) is 1.81. The van der Waals surface area contributed by atoms with Crippen molar-refractivity contribution in [1.82, 2.24) is 5.43 Å². The normalized spacial score (nSPS) is 10.5. The molecule has 0 aliphatic heterocycles. The van der Waals surface area contributed by atoms with E-state index in [9.17, 15) is 14.4 Å². The van der Waals surface area contributed by atoms with Crippen LogP contribution in [0.3, 0.4) is 0 Å². The molecule has 3 rings (SSSR count). The van der Waals surface area contributed by atoms with Crippen molar-refractivity contribution in [3.8, 4) is 11.5 Å². The van der Waals surface area contributed by atoms with E-state index in [0.29, 0.717) is 28.3 Å². The Balaban J connectivity index is 1.51. The molecule has 2 amide bonds. The molecule has 2 N–H and O–H groups in total. The van der Waals surface area contributed by atoms with E-state index in [0.717, 1.165) is 10.0 Å². The van der Waals surface area contributed by atoms with E-state index >= 15 is 0 Å². The number of rotatable bonds is 6. The second-order valence-electron chi connectivity index (χ2n) is 6.80. The van der Waals surface area contributed by atoms with E-state index in [2.05, 4.69) is 31.8 Å². The summed E-state index contributed by atoms with van der Waals surface area (Å²) in [6, 6.07) is 18.3. The summed E-state index contributed by atoms with van der Waals surface area (Å²) in [5.74, 6) is -1.25. The number of ether oxygens (including phenoxy) is 2. The topological polar surface area (TPSA) is 106 Å². The zero-order valence-electron chi connectivity index (χ0n) is 17.8. The minimum atomic E-state index is -0.904. The van der Waals surface area contributed by atoms with Crippen molar-refractivity contribution in [2.45, 2.75) is 6.92 Å². The highest BCUT2D eigenvalue weighted by Gasteiger charge is 2.14. The number of esters is 1. The lowest BCUT2D eigenvalue weighted by Gasteiger charge is -2.07. The third kappa shape index (κ3) is 6.75. The van der Waals surface area contributed by atoms with Gasteiger partial charge in [-0.1, -0.05) is 15.9 Å². The van der Waals surface area contributed by atoms with Crippen LogP contribution >= 0.6 is 15.9 Å². The quantitative estimate of drug-likeness (QED) is 0.171. The summed E-state index contributed by atoms with van der Waals surface area (Å²) in [5, 5.41) is 6.31. The number of amides is 2. The number of benzene rings is 3. The van der Waals surface area contributed by atoms with Gasteiger partial charge in [-0.3, -0.25) is 9.59 Å². The number of methoxy groups -OCH3 is 1. The van der Waals surface area contributed by atoms with Crippen LogP contribution in [0.1, 0.15) is 21.5 Å². The molecule has 0 aliphatic carbocycles. The highest BCUT2D eigenvalue weighted by atomic mass is 79.9. The van der Waals surface area contributed by atoms with Crippen LogP contribution in [0.4, 0.5) is 5.69 Å². The number of carbonyl (C=O) groups is 3. The summed E-state index contributed by atoms with van der Waals surface area (Å²) in [7, 11) is 1.54. The summed E-state index contributed by atoms with van der Waals surface area (Å²) in [4.78, 5) is 36.2. The molecule has 9 heteroatoms. The SMILES string of the molecule is COc1ccc(C(=O)Oc2ccc(/C=N/NC(=O)C(=O)Nc3ccc(Br)cc3C)cc2)cc1. The lowest BCUT2D eigenvalue weighted by Crippen LogP contribution is -2.32. The molecule has 0 heterocycles. The molecule has 0 radical (unpaired) electrons. The number of nitrogens with one attached hydrogen (secondary N) is 2. The Morgan fingerprint density at radius 2 is 1.58 bits per heavy atom. The van der Waals surface area contributed by atoms with Crippen LogP contribution in [0.2, 0.25) is 0 Å². The van der Waals surface area contributed by atoms with Gasteiger partial charge < -0.3 is 14.8 Å². The summed E-state index contributed by atoms with van der Waals surface area (Å²) < 4.78 is 11.3. The number of carbonyl (C=O) groups excluding carboxylic acids is 3. The Kier molecular flexibility index (Phi) is 7.93. The maximum atomic E-state index is 12.2. The average Bonchev–Trinajstić information content (AvgIpc) is 2.81. The van der Waals surface area contributed by atoms with E-state index < -0.39 is 17.8 Å². The van der Waals surface area contributed by atoms with Crippen LogP contribution in [0.5, 0.6) is 11.5 Å². The molecule has 0 bridgehead atoms. The molecule has 8 nitrogen and oxygen atoms in total. The first-order chi connectivity index (χ1) is 15.9. The first-order valence-corrected chi connectivity index (χ1v) is 10.5. The smallest absolute Gasteiger partial charge is 0.343 e. The molecule has 0 saturated heterocycles. The minimum Gasteiger partial charge on any atom is -0.497 e. The van der Waals surface area contributed by atoms with Gasteiger partial charge >= 0.3 is 17.8 Å². The summed E-state index contributed by atoms with van der Waals surface area (Å²) >= 11 is 3.34. The second-order valence-corrected chi connectivity index (χ2v) is 7.72. The molecule has 3 aromatic carbocycles. The van der Waals surface area contributed by atoms with Gasteiger partial charge in [0.05, 0.1) is 18.9 Å². The van der Waals surface area contributed by atoms with E-state index in [1.54, 1.807) is 67.8 Å². The van der Waals surface area contributed by atoms with Gasteiger partial charge in [0.15, 0.2) is 0 Å². The van der Waals surface area contributed by atoms with Crippen LogP contribution in [0.15, 0.2) is 76.3 Å². The average molecular weight is 510 g/mol. The number of hydrogen-bond acceptors (Lipinski definition) is 6. The van der Waals surface area contributed by atoms with Gasteiger partial charge in [-0.05, 0) is 84.8 Å². The molecule has 0 saturated carbocycles. The Bertz CT molecular complexity index is 1190. The van der Waals surface area contributed by atoms with E-state index in [4.69, 9.17) is 9.47 Å². The van der Waals surface area contributed by atoms with Crippen LogP contribution in [0.25, 0.3) is 0 Å². The molecule has 33 heavy (non-hydrogen) atoms. The number of hydrazone groups is 1. The molecule has 3 aromatic rings. The largest absolute Gasteiger partial charge is 0.497 e. The van der Waals surface area contributed by atoms with Gasteiger partial charge in [0.25, 0.3) is 0 Å². The van der Waals surface area contributed by atoms with Gasteiger partial charge in [-0.2, -0.15) is 5.10 Å². The third-order valence-corrected chi connectivity index (χ3v) is 4.93. The highest BCUT2D eigenvalue weighted by Crippen LogP contribution is 2.20. The maximum Gasteiger partial charge on any atom is 0.343 e. The number of hydrogen-bond donors (Lipinski definition) is 2. The van der Waals surface area contributed by atoms with Gasteiger partial charge in [-0.25, -0.2) is 10.2 Å². The van der Waals surface area contributed by atoms with E-state index in [-0.39, 0.29) is 0 Å². The van der Waals surface area contributed by atoms with Crippen molar-refractivity contribution in [2.75, 3.05) is 12.4 Å². The van der Waals surface area contributed by atoms with Crippen LogP contribution in [-0.2, 0) is 9.59 Å². The van der Waals surface area contributed by atoms with E-state index in [1.807, 2.05) is 13.0 Å². The molecule has 0 unspecified atom stereocenters. The highest BCUT2D eigenvalue weighted by molar-refractivity contribution is 9.10. The van der Waals surface area contributed by atoms with Gasteiger partial charge in [-0.15, -0.1) is 0 Å². The zero-order chi connectivity index (χ0) is 23.8. The number of aryl methyl sites for hydroxylation is 1. The predicted molar refractivity (Wildman–Crippen MR) is 128 cm³/mol. The lowest BCUT2D eigenvalue weighted by atomic mass is 10.2. The van der Waals surface area contributed by atoms with Crippen molar-refractivity contribution < 1.29 is 23.9 Å². The molecule has 0 aliphatic rings. The number of anilines is 1.